The number of aromatic hydroxyl groups is 1. The molecule has 1 saturated heterocycles. The fourth-order valence-electron chi connectivity index (χ4n) is 7.69. The third-order valence-electron chi connectivity index (χ3n) is 10.3. The zero-order chi connectivity index (χ0) is 36.5. The quantitative estimate of drug-likeness (QED) is 0.178. The topological polar surface area (TPSA) is 191 Å². The van der Waals surface area contributed by atoms with E-state index >= 15 is 0 Å². The van der Waals surface area contributed by atoms with E-state index in [9.17, 15) is 29.1 Å². The van der Waals surface area contributed by atoms with Crippen LogP contribution in [0.3, 0.4) is 0 Å². The van der Waals surface area contributed by atoms with Crippen LogP contribution >= 0.6 is 0 Å². The van der Waals surface area contributed by atoms with Crippen molar-refractivity contribution in [1.82, 2.24) is 20.9 Å². The molecule has 0 aromatic heterocycles. The molecule has 3 aliphatic carbocycles. The number of phenols is 1. The van der Waals surface area contributed by atoms with Gasteiger partial charge in [-0.25, -0.2) is 4.79 Å². The Hall–Kier alpha value is -3.67. The third kappa shape index (κ3) is 12.0. The number of aliphatic hydroxyl groups is 1. The molecule has 4 fully saturated rings. The molecule has 12 heteroatoms. The molecule has 5 rings (SSSR count). The first kappa shape index (κ1) is 39.1. The van der Waals surface area contributed by atoms with E-state index in [-0.39, 0.29) is 29.5 Å². The minimum absolute atomic E-state index is 0.0419. The van der Waals surface area contributed by atoms with Crippen LogP contribution in [0.4, 0.5) is 4.79 Å². The van der Waals surface area contributed by atoms with E-state index in [1.54, 1.807) is 37.8 Å². The van der Waals surface area contributed by atoms with Crippen molar-refractivity contribution in [2.24, 2.45) is 17.6 Å². The van der Waals surface area contributed by atoms with Crippen LogP contribution in [0.15, 0.2) is 24.3 Å². The maximum absolute atomic E-state index is 14.2. The molecule has 3 saturated carbocycles. The SMILES string of the molecule is CC(C)(C)O.NC(=O)C(=O)C(CC1CC1)NC(=O)C1CCCN1C(=O)C(NC(=O)NC1(Cc2ccc(O)cc2)CCCCC1)C1CCCCC1. The molecule has 0 radical (unpaired) electrons. The van der Waals surface area contributed by atoms with Crippen LogP contribution in [0.5, 0.6) is 5.75 Å². The number of hydrogen-bond donors (Lipinski definition) is 6. The first-order valence-corrected chi connectivity index (χ1v) is 18.7. The van der Waals surface area contributed by atoms with Crippen LogP contribution in [0.25, 0.3) is 0 Å². The Morgan fingerprint density at radius 3 is 2.06 bits per heavy atom. The molecule has 1 aromatic carbocycles. The van der Waals surface area contributed by atoms with Gasteiger partial charge in [-0.2, -0.15) is 0 Å². The highest BCUT2D eigenvalue weighted by Gasteiger charge is 2.43. The van der Waals surface area contributed by atoms with Crippen LogP contribution in [0.2, 0.25) is 0 Å². The molecule has 4 aliphatic rings. The number of nitrogens with zero attached hydrogens (tertiary/aromatic N) is 1. The molecule has 3 atom stereocenters. The van der Waals surface area contributed by atoms with Gasteiger partial charge in [-0.05, 0) is 102 Å². The smallest absolute Gasteiger partial charge is 0.315 e. The van der Waals surface area contributed by atoms with E-state index in [2.05, 4.69) is 16.0 Å². The van der Waals surface area contributed by atoms with Crippen molar-refractivity contribution in [1.29, 1.82) is 0 Å². The molecule has 1 aliphatic heterocycles. The van der Waals surface area contributed by atoms with Gasteiger partial charge in [0.25, 0.3) is 5.91 Å². The minimum atomic E-state index is -1.07. The lowest BCUT2D eigenvalue weighted by Crippen LogP contribution is -2.61. The molecule has 12 nitrogen and oxygen atoms in total. The molecule has 50 heavy (non-hydrogen) atoms. The highest BCUT2D eigenvalue weighted by molar-refractivity contribution is 6.37. The number of carbonyl (C=O) groups excluding carboxylic acids is 5. The molecule has 7 N–H and O–H groups in total. The number of amides is 5. The average molecular weight is 698 g/mol. The van der Waals surface area contributed by atoms with E-state index in [1.807, 2.05) is 12.1 Å². The van der Waals surface area contributed by atoms with Gasteiger partial charge in [-0.1, -0.05) is 63.5 Å². The number of primary amides is 1. The normalized spacial score (nSPS) is 21.9. The zero-order valence-corrected chi connectivity index (χ0v) is 30.2. The maximum Gasteiger partial charge on any atom is 0.315 e. The van der Waals surface area contributed by atoms with Gasteiger partial charge in [-0.3, -0.25) is 19.2 Å². The fraction of sp³-hybridized carbons (Fsp3) is 0.711. The fourth-order valence-corrected chi connectivity index (χ4v) is 7.69. The second-order valence-corrected chi connectivity index (χ2v) is 16.0. The van der Waals surface area contributed by atoms with Crippen LogP contribution in [0, 0.1) is 11.8 Å². The number of nitrogens with one attached hydrogen (secondary N) is 3. The molecule has 0 bridgehead atoms. The van der Waals surface area contributed by atoms with Gasteiger partial charge < -0.3 is 36.8 Å². The Morgan fingerprint density at radius 1 is 0.880 bits per heavy atom. The Labute approximate surface area is 296 Å². The molecule has 278 valence electrons. The molecule has 0 spiro atoms. The second-order valence-electron chi connectivity index (χ2n) is 16.0. The standard InChI is InChI=1S/C34H49N5O6.C4H10O/c35-30(42)29(41)26(20-22-11-12-22)36-31(43)27-10-7-19-39(27)32(44)28(24-8-3-1-4-9-24)37-33(45)38-34(17-5-2-6-18-34)21-23-13-15-25(40)16-14-23;1-4(2,3)5/h13-16,22,24,26-28,40H,1-12,17-21H2,(H2,35,42)(H,36,43)(H2,37,38,45);5H,1-3H3. The van der Waals surface area contributed by atoms with Gasteiger partial charge >= 0.3 is 6.03 Å². The highest BCUT2D eigenvalue weighted by Crippen LogP contribution is 2.35. The summed E-state index contributed by atoms with van der Waals surface area (Å²) < 4.78 is 0. The van der Waals surface area contributed by atoms with Gasteiger partial charge in [0.15, 0.2) is 0 Å². The summed E-state index contributed by atoms with van der Waals surface area (Å²) >= 11 is 0. The van der Waals surface area contributed by atoms with E-state index in [0.29, 0.717) is 32.2 Å². The van der Waals surface area contributed by atoms with E-state index in [0.717, 1.165) is 82.6 Å². The monoisotopic (exact) mass is 697 g/mol. The Bertz CT molecular complexity index is 1320. The number of benzene rings is 1. The lowest BCUT2D eigenvalue weighted by Gasteiger charge is -2.40. The lowest BCUT2D eigenvalue weighted by atomic mass is 9.77. The second kappa shape index (κ2) is 17.5. The van der Waals surface area contributed by atoms with Crippen LogP contribution in [0.1, 0.15) is 123 Å². The number of nitrogens with two attached hydrogens (primary N) is 1. The summed E-state index contributed by atoms with van der Waals surface area (Å²) in [5.74, 6) is -2.18. The van der Waals surface area contributed by atoms with Gasteiger partial charge in [-0.15, -0.1) is 0 Å². The van der Waals surface area contributed by atoms with Crippen LogP contribution < -0.4 is 21.7 Å². The Morgan fingerprint density at radius 2 is 1.48 bits per heavy atom. The van der Waals surface area contributed by atoms with Crippen molar-refractivity contribution < 1.29 is 34.2 Å². The number of likely N-dealkylation sites (tertiary alicyclic amines) is 1. The van der Waals surface area contributed by atoms with E-state index in [4.69, 9.17) is 10.8 Å². The van der Waals surface area contributed by atoms with Crippen molar-refractivity contribution >= 4 is 29.5 Å². The summed E-state index contributed by atoms with van der Waals surface area (Å²) in [7, 11) is 0. The van der Waals surface area contributed by atoms with Crippen molar-refractivity contribution in [3.05, 3.63) is 29.8 Å². The van der Waals surface area contributed by atoms with Crippen molar-refractivity contribution in [2.75, 3.05) is 6.54 Å². The first-order valence-electron chi connectivity index (χ1n) is 18.7. The van der Waals surface area contributed by atoms with Gasteiger partial charge in [0, 0.05) is 12.1 Å². The Kier molecular flexibility index (Phi) is 13.7. The number of hydrogen-bond acceptors (Lipinski definition) is 7. The van der Waals surface area contributed by atoms with Crippen molar-refractivity contribution in [3.63, 3.8) is 0 Å². The predicted molar refractivity (Wildman–Crippen MR) is 190 cm³/mol. The number of rotatable bonds is 12. The van der Waals surface area contributed by atoms with Gasteiger partial charge in [0.2, 0.25) is 17.6 Å². The summed E-state index contributed by atoms with van der Waals surface area (Å²) in [6.45, 7) is 5.61. The van der Waals surface area contributed by atoms with Gasteiger partial charge in [0.05, 0.1) is 11.6 Å². The summed E-state index contributed by atoms with van der Waals surface area (Å²) in [5.41, 5.74) is 5.34. The summed E-state index contributed by atoms with van der Waals surface area (Å²) in [6, 6.07) is 4.15. The number of carbonyl (C=O) groups is 5. The highest BCUT2D eigenvalue weighted by atomic mass is 16.3. The molecule has 1 heterocycles. The largest absolute Gasteiger partial charge is 0.508 e. The summed E-state index contributed by atoms with van der Waals surface area (Å²) in [6.07, 6.45) is 13.4. The number of ketones is 1. The number of urea groups is 1. The molecule has 3 unspecified atom stereocenters. The molecular formula is C38H59N5O7. The van der Waals surface area contributed by atoms with Crippen LogP contribution in [-0.4, -0.2) is 80.5 Å². The minimum Gasteiger partial charge on any atom is -0.508 e. The average Bonchev–Trinajstić information content (AvgIpc) is 3.74. The van der Waals surface area contributed by atoms with E-state index < -0.39 is 46.9 Å². The lowest BCUT2D eigenvalue weighted by molar-refractivity contribution is -0.143. The first-order chi connectivity index (χ1) is 23.6. The van der Waals surface area contributed by atoms with Gasteiger partial charge in [0.1, 0.15) is 17.8 Å². The van der Waals surface area contributed by atoms with Crippen LogP contribution in [-0.2, 0) is 25.6 Å². The molecule has 1 aromatic rings. The number of Topliss-reactive ketones (excluding diaryl/α,β-unsaturated/α-hetero) is 1. The summed E-state index contributed by atoms with van der Waals surface area (Å²) in [5, 5.41) is 27.3. The third-order valence-corrected chi connectivity index (χ3v) is 10.3. The summed E-state index contributed by atoms with van der Waals surface area (Å²) in [4.78, 5) is 67.2. The van der Waals surface area contributed by atoms with E-state index in [1.165, 1.54) is 0 Å². The molecule has 5 amide bonds. The predicted octanol–water partition coefficient (Wildman–Crippen LogP) is 3.99. The number of phenolic OH excluding ortho intramolecular Hbond substituents is 1. The Balaban J connectivity index is 0.00000105. The van der Waals surface area contributed by atoms with Crippen molar-refractivity contribution in [2.45, 2.75) is 153 Å². The molecular weight excluding hydrogens is 638 g/mol. The maximum atomic E-state index is 14.2. The van der Waals surface area contributed by atoms with Crippen molar-refractivity contribution in [3.8, 4) is 5.75 Å². The zero-order valence-electron chi connectivity index (χ0n) is 30.2.